The van der Waals surface area contributed by atoms with Crippen LogP contribution in [-0.2, 0) is 13.0 Å². The molecule has 2 heterocycles. The van der Waals surface area contributed by atoms with Crippen LogP contribution in [0.3, 0.4) is 0 Å². The quantitative estimate of drug-likeness (QED) is 0.516. The number of hydrogen-bond acceptors (Lipinski definition) is 8. The highest BCUT2D eigenvalue weighted by Gasteiger charge is 2.17. The van der Waals surface area contributed by atoms with E-state index in [0.29, 0.717) is 29.4 Å². The van der Waals surface area contributed by atoms with Crippen molar-refractivity contribution in [3.05, 3.63) is 30.1 Å². The number of benzene rings is 1. The monoisotopic (exact) mass is 411 g/mol. The summed E-state index contributed by atoms with van der Waals surface area (Å²) >= 11 is 1.49. The Morgan fingerprint density at radius 3 is 2.90 bits per heavy atom. The Balaban J connectivity index is 1.97. The molecule has 0 aliphatic carbocycles. The van der Waals surface area contributed by atoms with Crippen LogP contribution in [-0.4, -0.2) is 39.2 Å². The Hall–Kier alpha value is -2.83. The molecule has 0 atom stereocenters. The number of nitrogen functional groups attached to an aromatic ring is 1. The molecule has 1 aromatic carbocycles. The molecule has 0 aliphatic rings. The first-order valence-corrected chi connectivity index (χ1v) is 10.3. The second-order valence-electron chi connectivity index (χ2n) is 6.85. The summed E-state index contributed by atoms with van der Waals surface area (Å²) in [6.07, 6.45) is 2.69. The van der Waals surface area contributed by atoms with E-state index in [1.54, 1.807) is 7.11 Å². The zero-order valence-corrected chi connectivity index (χ0v) is 17.7. The fourth-order valence-electron chi connectivity index (χ4n) is 2.93. The van der Waals surface area contributed by atoms with Crippen molar-refractivity contribution in [1.29, 1.82) is 5.26 Å². The van der Waals surface area contributed by atoms with E-state index in [0.717, 1.165) is 40.9 Å². The maximum Gasteiger partial charge on any atom is 0.175 e. The van der Waals surface area contributed by atoms with E-state index in [4.69, 9.17) is 15.5 Å². The van der Waals surface area contributed by atoms with Crippen LogP contribution in [0.15, 0.2) is 34.6 Å². The number of nitrogens with one attached hydrogen (secondary N) is 1. The van der Waals surface area contributed by atoms with Gasteiger partial charge >= 0.3 is 0 Å². The SMILES string of the molecule is COc1ccc(CC#N)c(Sc2nc3c(N)ncnc3n2CCCNC(C)C)c1. The van der Waals surface area contributed by atoms with Gasteiger partial charge in [0.1, 0.15) is 12.1 Å². The molecule has 3 aromatic rings. The number of ether oxygens (including phenoxy) is 1. The molecule has 9 heteroatoms. The van der Waals surface area contributed by atoms with Gasteiger partial charge in [0.25, 0.3) is 0 Å². The summed E-state index contributed by atoms with van der Waals surface area (Å²) in [4.78, 5) is 14.1. The van der Waals surface area contributed by atoms with Crippen molar-refractivity contribution in [2.75, 3.05) is 19.4 Å². The fourth-order valence-corrected chi connectivity index (χ4v) is 4.00. The van der Waals surface area contributed by atoms with E-state index in [1.165, 1.54) is 18.1 Å². The van der Waals surface area contributed by atoms with Gasteiger partial charge in [0.05, 0.1) is 19.6 Å². The van der Waals surface area contributed by atoms with Crippen molar-refractivity contribution in [1.82, 2.24) is 24.8 Å². The average molecular weight is 412 g/mol. The van der Waals surface area contributed by atoms with Crippen molar-refractivity contribution < 1.29 is 4.74 Å². The third-order valence-corrected chi connectivity index (χ3v) is 5.48. The molecule has 152 valence electrons. The smallest absolute Gasteiger partial charge is 0.175 e. The van der Waals surface area contributed by atoms with E-state index >= 15 is 0 Å². The van der Waals surface area contributed by atoms with Crippen LogP contribution in [0, 0.1) is 11.3 Å². The van der Waals surface area contributed by atoms with Gasteiger partial charge in [-0.1, -0.05) is 31.7 Å². The fraction of sp³-hybridized carbons (Fsp3) is 0.400. The first-order valence-electron chi connectivity index (χ1n) is 9.45. The number of anilines is 1. The average Bonchev–Trinajstić information content (AvgIpc) is 3.05. The Bertz CT molecular complexity index is 1030. The van der Waals surface area contributed by atoms with E-state index in [-0.39, 0.29) is 0 Å². The van der Waals surface area contributed by atoms with Gasteiger partial charge in [0.2, 0.25) is 0 Å². The number of nitriles is 1. The molecule has 3 N–H and O–H groups in total. The van der Waals surface area contributed by atoms with Gasteiger partial charge in [0, 0.05) is 17.5 Å². The first-order chi connectivity index (χ1) is 14.0. The number of aryl methyl sites for hydroxylation is 1. The number of rotatable bonds is 9. The molecule has 0 spiro atoms. The van der Waals surface area contributed by atoms with Crippen molar-refractivity contribution >= 4 is 28.7 Å². The maximum atomic E-state index is 9.18. The van der Waals surface area contributed by atoms with Gasteiger partial charge in [-0.15, -0.1) is 0 Å². The minimum absolute atomic E-state index is 0.312. The number of fused-ring (bicyclic) bond motifs is 1. The summed E-state index contributed by atoms with van der Waals surface area (Å²) < 4.78 is 7.43. The van der Waals surface area contributed by atoms with Crippen LogP contribution >= 0.6 is 11.8 Å². The van der Waals surface area contributed by atoms with Crippen molar-refractivity contribution in [3.63, 3.8) is 0 Å². The molecule has 0 unspecified atom stereocenters. The number of nitrogens with two attached hydrogens (primary N) is 1. The number of methoxy groups -OCH3 is 1. The first kappa shape index (κ1) is 20.9. The summed E-state index contributed by atoms with van der Waals surface area (Å²) in [5.74, 6) is 1.09. The minimum Gasteiger partial charge on any atom is -0.497 e. The highest BCUT2D eigenvalue weighted by molar-refractivity contribution is 7.99. The number of hydrogen-bond donors (Lipinski definition) is 2. The van der Waals surface area contributed by atoms with Crippen LogP contribution in [0.1, 0.15) is 25.8 Å². The molecule has 0 radical (unpaired) electrons. The molecule has 0 fully saturated rings. The highest BCUT2D eigenvalue weighted by atomic mass is 32.2. The Labute approximate surface area is 174 Å². The normalized spacial score (nSPS) is 11.1. The van der Waals surface area contributed by atoms with E-state index in [9.17, 15) is 5.26 Å². The minimum atomic E-state index is 0.312. The lowest BCUT2D eigenvalue weighted by molar-refractivity contribution is 0.413. The molecule has 0 bridgehead atoms. The van der Waals surface area contributed by atoms with Gasteiger partial charge in [-0.05, 0) is 30.7 Å². The third kappa shape index (κ3) is 4.96. The standard InChI is InChI=1S/C20H25N7OS/c1-13(2)23-9-4-10-27-19-17(18(22)24-12-25-19)26-20(27)29-16-11-15(28-3)6-5-14(16)7-8-21/h5-6,11-13,23H,4,7,9-10H2,1-3H3,(H2,22,24,25). The van der Waals surface area contributed by atoms with Gasteiger partial charge in [0.15, 0.2) is 22.1 Å². The van der Waals surface area contributed by atoms with Gasteiger partial charge < -0.3 is 20.4 Å². The van der Waals surface area contributed by atoms with Crippen LogP contribution < -0.4 is 15.8 Å². The summed E-state index contributed by atoms with van der Waals surface area (Å²) in [6.45, 7) is 5.88. The topological polar surface area (TPSA) is 115 Å². The molecule has 8 nitrogen and oxygen atoms in total. The van der Waals surface area contributed by atoms with E-state index in [2.05, 4.69) is 39.8 Å². The molecule has 0 saturated heterocycles. The molecule has 0 aliphatic heterocycles. The molecule has 3 rings (SSSR count). The van der Waals surface area contributed by atoms with Crippen molar-refractivity contribution in [2.24, 2.45) is 0 Å². The van der Waals surface area contributed by atoms with E-state index < -0.39 is 0 Å². The lowest BCUT2D eigenvalue weighted by Gasteiger charge is -2.12. The largest absolute Gasteiger partial charge is 0.497 e. The lowest BCUT2D eigenvalue weighted by atomic mass is 10.1. The number of aromatic nitrogens is 4. The Kier molecular flexibility index (Phi) is 6.90. The molecule has 0 amide bonds. The summed E-state index contributed by atoms with van der Waals surface area (Å²) in [6, 6.07) is 8.36. The van der Waals surface area contributed by atoms with Gasteiger partial charge in [-0.2, -0.15) is 5.26 Å². The summed E-state index contributed by atoms with van der Waals surface area (Å²) in [5, 5.41) is 13.4. The van der Waals surface area contributed by atoms with Gasteiger partial charge in [-0.3, -0.25) is 0 Å². The van der Waals surface area contributed by atoms with Crippen LogP contribution in [0.4, 0.5) is 5.82 Å². The maximum absolute atomic E-state index is 9.18. The predicted octanol–water partition coefficient (Wildman–Crippen LogP) is 3.02. The second-order valence-corrected chi connectivity index (χ2v) is 7.86. The third-order valence-electron chi connectivity index (χ3n) is 4.38. The van der Waals surface area contributed by atoms with E-state index in [1.807, 2.05) is 18.2 Å². The van der Waals surface area contributed by atoms with Crippen LogP contribution in [0.25, 0.3) is 11.2 Å². The number of imidazole rings is 1. The summed E-state index contributed by atoms with van der Waals surface area (Å²) in [5.41, 5.74) is 8.28. The molecular weight excluding hydrogens is 386 g/mol. The molecular formula is C20H25N7OS. The van der Waals surface area contributed by atoms with Crippen molar-refractivity contribution in [3.8, 4) is 11.8 Å². The molecule has 29 heavy (non-hydrogen) atoms. The van der Waals surface area contributed by atoms with Crippen LogP contribution in [0.2, 0.25) is 0 Å². The van der Waals surface area contributed by atoms with Gasteiger partial charge in [-0.25, -0.2) is 15.0 Å². The second kappa shape index (κ2) is 9.58. The lowest BCUT2D eigenvalue weighted by Crippen LogP contribution is -2.24. The predicted molar refractivity (Wildman–Crippen MR) is 114 cm³/mol. The molecule has 0 saturated carbocycles. The Morgan fingerprint density at radius 1 is 1.34 bits per heavy atom. The van der Waals surface area contributed by atoms with Crippen molar-refractivity contribution in [2.45, 2.75) is 49.3 Å². The van der Waals surface area contributed by atoms with Crippen LogP contribution in [0.5, 0.6) is 5.75 Å². The summed E-state index contributed by atoms with van der Waals surface area (Å²) in [7, 11) is 1.63. The zero-order chi connectivity index (χ0) is 20.8. The molecule has 2 aromatic heterocycles. The highest BCUT2D eigenvalue weighted by Crippen LogP contribution is 2.35. The number of nitrogens with zero attached hydrogens (tertiary/aromatic N) is 5. The zero-order valence-electron chi connectivity index (χ0n) is 16.8. The Morgan fingerprint density at radius 2 is 2.17 bits per heavy atom.